The summed E-state index contributed by atoms with van der Waals surface area (Å²) in [5, 5.41) is 2.73. The third kappa shape index (κ3) is 0.721. The fourth-order valence-corrected chi connectivity index (χ4v) is 1.52. The maximum Gasteiger partial charge on any atom is 0.207 e. The third-order valence-electron chi connectivity index (χ3n) is 2.06. The molecule has 0 aromatic heterocycles. The molecule has 1 aliphatic heterocycles. The Hall–Kier alpha value is -0.570. The lowest BCUT2D eigenvalue weighted by Crippen LogP contribution is -2.30. The summed E-state index contributed by atoms with van der Waals surface area (Å²) in [5.74, 6) is 0. The lowest BCUT2D eigenvalue weighted by Gasteiger charge is -2.06. The number of ether oxygens (including phenoxy) is 1. The first-order valence-corrected chi connectivity index (χ1v) is 3.27. The zero-order valence-electron chi connectivity index (χ0n) is 5.04. The van der Waals surface area contributed by atoms with Gasteiger partial charge in [-0.25, -0.2) is 0 Å². The molecule has 1 heterocycles. The van der Waals surface area contributed by atoms with E-state index in [1.165, 1.54) is 0 Å². The van der Waals surface area contributed by atoms with Gasteiger partial charge in [0.15, 0.2) is 0 Å². The quantitative estimate of drug-likeness (QED) is 0.407. The maximum absolute atomic E-state index is 9.96. The molecule has 3 unspecified atom stereocenters. The second-order valence-electron chi connectivity index (χ2n) is 2.61. The molecule has 1 saturated heterocycles. The van der Waals surface area contributed by atoms with Crippen LogP contribution in [0, 0.1) is 0 Å². The summed E-state index contributed by atoms with van der Waals surface area (Å²) < 4.78 is 5.20. The second kappa shape index (κ2) is 1.70. The largest absolute Gasteiger partial charge is 0.367 e. The molecule has 2 rings (SSSR count). The van der Waals surface area contributed by atoms with Gasteiger partial charge in [-0.2, -0.15) is 0 Å². The summed E-state index contributed by atoms with van der Waals surface area (Å²) in [7, 11) is 0. The fraction of sp³-hybridized carbons (Fsp3) is 0.833. The van der Waals surface area contributed by atoms with Crippen molar-refractivity contribution in [2.24, 2.45) is 0 Å². The molecular weight excluding hydrogens is 118 g/mol. The van der Waals surface area contributed by atoms with E-state index in [0.29, 0.717) is 18.2 Å². The van der Waals surface area contributed by atoms with Gasteiger partial charge in [0.05, 0.1) is 12.1 Å². The minimum absolute atomic E-state index is 0.312. The topological polar surface area (TPSA) is 41.6 Å². The van der Waals surface area contributed by atoms with E-state index in [4.69, 9.17) is 4.74 Å². The smallest absolute Gasteiger partial charge is 0.207 e. The van der Waals surface area contributed by atoms with E-state index >= 15 is 0 Å². The molecule has 3 nitrogen and oxygen atoms in total. The highest BCUT2D eigenvalue weighted by Crippen LogP contribution is 2.38. The monoisotopic (exact) mass is 127 g/mol. The number of nitrogens with one attached hydrogen (secondary N) is 1. The molecule has 0 bridgehead atoms. The van der Waals surface area contributed by atoms with E-state index in [9.17, 15) is 4.79 Å². The van der Waals surface area contributed by atoms with Crippen molar-refractivity contribution in [3.8, 4) is 0 Å². The second-order valence-corrected chi connectivity index (χ2v) is 2.61. The zero-order valence-corrected chi connectivity index (χ0v) is 5.04. The van der Waals surface area contributed by atoms with Gasteiger partial charge in [0.1, 0.15) is 6.10 Å². The minimum Gasteiger partial charge on any atom is -0.367 e. The van der Waals surface area contributed by atoms with Crippen molar-refractivity contribution in [2.75, 3.05) is 0 Å². The molecule has 3 atom stereocenters. The number of carbonyl (C=O) groups excluding carboxylic acids is 1. The molecule has 2 aliphatic rings. The first-order valence-electron chi connectivity index (χ1n) is 3.27. The number of epoxide rings is 1. The average molecular weight is 127 g/mol. The molecule has 0 spiro atoms. The van der Waals surface area contributed by atoms with Crippen molar-refractivity contribution < 1.29 is 9.53 Å². The molecule has 50 valence electrons. The Morgan fingerprint density at radius 3 is 2.89 bits per heavy atom. The van der Waals surface area contributed by atoms with Crippen molar-refractivity contribution in [1.82, 2.24) is 5.32 Å². The number of amides is 1. The van der Waals surface area contributed by atoms with Crippen molar-refractivity contribution >= 4 is 6.41 Å². The predicted octanol–water partition coefficient (Wildman–Crippen LogP) is -0.338. The van der Waals surface area contributed by atoms with E-state index < -0.39 is 0 Å². The number of carbonyl (C=O) groups is 1. The van der Waals surface area contributed by atoms with Crippen LogP contribution in [-0.2, 0) is 9.53 Å². The molecule has 0 aromatic carbocycles. The van der Waals surface area contributed by atoms with Crippen molar-refractivity contribution in [3.05, 3.63) is 0 Å². The average Bonchev–Trinajstić information content (AvgIpc) is 2.54. The van der Waals surface area contributed by atoms with E-state index in [2.05, 4.69) is 5.32 Å². The van der Waals surface area contributed by atoms with Crippen LogP contribution in [0.1, 0.15) is 12.8 Å². The lowest BCUT2D eigenvalue weighted by atomic mass is 10.2. The highest BCUT2D eigenvalue weighted by Gasteiger charge is 2.49. The van der Waals surface area contributed by atoms with Gasteiger partial charge in [-0.3, -0.25) is 4.79 Å². The van der Waals surface area contributed by atoms with Crippen LogP contribution in [0.15, 0.2) is 0 Å². The number of hydrogen-bond acceptors (Lipinski definition) is 2. The summed E-state index contributed by atoms with van der Waals surface area (Å²) in [6.45, 7) is 0. The first kappa shape index (κ1) is 5.23. The molecule has 0 aromatic rings. The Labute approximate surface area is 53.4 Å². The molecule has 1 N–H and O–H groups in total. The Bertz CT molecular complexity index is 137. The van der Waals surface area contributed by atoms with E-state index in [1.54, 1.807) is 0 Å². The van der Waals surface area contributed by atoms with Gasteiger partial charge in [-0.05, 0) is 12.8 Å². The number of rotatable bonds is 2. The zero-order chi connectivity index (χ0) is 6.27. The van der Waals surface area contributed by atoms with E-state index in [-0.39, 0.29) is 0 Å². The van der Waals surface area contributed by atoms with Crippen LogP contribution in [0.25, 0.3) is 0 Å². The molecule has 2 fully saturated rings. The van der Waals surface area contributed by atoms with Crippen LogP contribution in [0.3, 0.4) is 0 Å². The van der Waals surface area contributed by atoms with E-state index in [0.717, 1.165) is 19.3 Å². The third-order valence-corrected chi connectivity index (χ3v) is 2.06. The van der Waals surface area contributed by atoms with Crippen LogP contribution in [0.2, 0.25) is 0 Å². The van der Waals surface area contributed by atoms with Gasteiger partial charge >= 0.3 is 0 Å². The van der Waals surface area contributed by atoms with Gasteiger partial charge in [0.2, 0.25) is 6.41 Å². The normalized spacial score (nSPS) is 46.0. The highest BCUT2D eigenvalue weighted by molar-refractivity contribution is 5.47. The molecular formula is C6H9NO2. The van der Waals surface area contributed by atoms with Crippen molar-refractivity contribution in [1.29, 1.82) is 0 Å². The number of hydrogen-bond donors (Lipinski definition) is 1. The summed E-state index contributed by atoms with van der Waals surface area (Å²) in [6.07, 6.45) is 3.80. The summed E-state index contributed by atoms with van der Waals surface area (Å²) in [4.78, 5) is 9.96. The minimum atomic E-state index is 0.312. The van der Waals surface area contributed by atoms with Gasteiger partial charge in [-0.1, -0.05) is 0 Å². The molecule has 3 heteroatoms. The van der Waals surface area contributed by atoms with Crippen molar-refractivity contribution in [3.63, 3.8) is 0 Å². The van der Waals surface area contributed by atoms with Crippen LogP contribution in [0.4, 0.5) is 0 Å². The molecule has 1 aliphatic carbocycles. The van der Waals surface area contributed by atoms with Crippen molar-refractivity contribution in [2.45, 2.75) is 31.1 Å². The fourth-order valence-electron chi connectivity index (χ4n) is 1.52. The highest BCUT2D eigenvalue weighted by atomic mass is 16.6. The molecule has 9 heavy (non-hydrogen) atoms. The van der Waals surface area contributed by atoms with Crippen LogP contribution in [0.5, 0.6) is 0 Å². The molecule has 1 saturated carbocycles. The Morgan fingerprint density at radius 1 is 1.56 bits per heavy atom. The van der Waals surface area contributed by atoms with Gasteiger partial charge in [0, 0.05) is 0 Å². The first-order chi connectivity index (χ1) is 4.42. The number of fused-ring (bicyclic) bond motifs is 1. The summed E-state index contributed by atoms with van der Waals surface area (Å²) >= 11 is 0. The molecule has 1 amide bonds. The standard InChI is InChI=1S/C6H9NO2/c8-3-7-4-1-2-5-6(4)9-5/h3-6H,1-2H2,(H,7,8). The Morgan fingerprint density at radius 2 is 2.44 bits per heavy atom. The Balaban J connectivity index is 1.90. The SMILES string of the molecule is O=CNC1CCC2OC12. The predicted molar refractivity (Wildman–Crippen MR) is 30.9 cm³/mol. The maximum atomic E-state index is 9.96. The van der Waals surface area contributed by atoms with Crippen LogP contribution in [-0.4, -0.2) is 24.7 Å². The van der Waals surface area contributed by atoms with Gasteiger partial charge in [-0.15, -0.1) is 0 Å². The van der Waals surface area contributed by atoms with Crippen LogP contribution >= 0.6 is 0 Å². The summed E-state index contributed by atoms with van der Waals surface area (Å²) in [6, 6.07) is 0.312. The van der Waals surface area contributed by atoms with Gasteiger partial charge in [0.25, 0.3) is 0 Å². The van der Waals surface area contributed by atoms with Gasteiger partial charge < -0.3 is 10.1 Å². The van der Waals surface area contributed by atoms with Crippen LogP contribution < -0.4 is 5.32 Å². The lowest BCUT2D eigenvalue weighted by molar-refractivity contribution is -0.110. The van der Waals surface area contributed by atoms with E-state index in [1.807, 2.05) is 0 Å². The Kier molecular flexibility index (Phi) is 0.990. The molecule has 0 radical (unpaired) electrons. The summed E-state index contributed by atoms with van der Waals surface area (Å²) in [5.41, 5.74) is 0.